The van der Waals surface area contributed by atoms with E-state index >= 15 is 0 Å². The van der Waals surface area contributed by atoms with Gasteiger partial charge in [0.05, 0.1) is 11.4 Å². The highest BCUT2D eigenvalue weighted by Crippen LogP contribution is 2.51. The van der Waals surface area contributed by atoms with Crippen LogP contribution in [0.15, 0.2) is 112 Å². The number of rotatable bonds is 3. The summed E-state index contributed by atoms with van der Waals surface area (Å²) in [5, 5.41) is 2.27. The fraction of sp³-hybridized carbons (Fsp3) is 0.333. The first-order chi connectivity index (χ1) is 30.4. The maximum atomic E-state index is 7.34. The second-order valence-corrected chi connectivity index (χ2v) is 23.4. The van der Waals surface area contributed by atoms with Gasteiger partial charge >= 0.3 is 0 Å². The summed E-state index contributed by atoms with van der Waals surface area (Å²) in [5.74, 6) is 1.77. The summed E-state index contributed by atoms with van der Waals surface area (Å²) in [6, 6.07) is 39.1. The Bertz CT molecular complexity index is 3180. The highest BCUT2D eigenvalue weighted by atomic mass is 16.4. The number of nitrogens with zero attached hydrogens (tertiary/aromatic N) is 2. The van der Waals surface area contributed by atoms with Crippen LogP contribution in [0.4, 0.5) is 34.3 Å². The Kier molecular flexibility index (Phi) is 9.44. The van der Waals surface area contributed by atoms with Crippen molar-refractivity contribution in [1.29, 1.82) is 0 Å². The molecule has 0 radical (unpaired) electrons. The Labute approximate surface area is 387 Å². The minimum absolute atomic E-state index is 0.00212. The van der Waals surface area contributed by atoms with Gasteiger partial charge in [0.2, 0.25) is 5.88 Å². The van der Waals surface area contributed by atoms with Crippen LogP contribution in [0.3, 0.4) is 0 Å². The van der Waals surface area contributed by atoms with Gasteiger partial charge in [0, 0.05) is 38.9 Å². The van der Waals surface area contributed by atoms with Crippen molar-refractivity contribution in [3.05, 3.63) is 148 Å². The normalized spacial score (nSPS) is 14.1. The summed E-state index contributed by atoms with van der Waals surface area (Å²) in [6.45, 7) is 36.9. The van der Waals surface area contributed by atoms with Gasteiger partial charge in [-0.2, -0.15) is 0 Å². The molecule has 65 heavy (non-hydrogen) atoms. The molecular weight excluding hydrogens is 791 g/mol. The second kappa shape index (κ2) is 14.3. The Hall–Kier alpha value is -5.94. The third-order valence-electron chi connectivity index (χ3n) is 14.3. The number of hydrogen-bond donors (Lipinski definition) is 0. The summed E-state index contributed by atoms with van der Waals surface area (Å²) in [6.07, 6.45) is 0. The van der Waals surface area contributed by atoms with Gasteiger partial charge in [0.25, 0.3) is 6.71 Å². The van der Waals surface area contributed by atoms with Gasteiger partial charge in [-0.15, -0.1) is 0 Å². The molecule has 0 spiro atoms. The molecule has 0 bridgehead atoms. The third-order valence-corrected chi connectivity index (χ3v) is 14.3. The SMILES string of the molecule is Cc1cc(C(C)(C)C)cc(C)c1N1c2cc(-c3cc4ccccc4o3)ccc2B2c3c1cc(C(C)(C)C)cc3N(c1c(C)cc(C(C)(C)C)cc1C)c1oc3ccc(C(C)(C)C)cc3c12. The molecule has 8 aromatic rings. The molecule has 0 saturated heterocycles. The van der Waals surface area contributed by atoms with Gasteiger partial charge in [-0.1, -0.05) is 144 Å². The molecule has 0 aliphatic carbocycles. The van der Waals surface area contributed by atoms with E-state index in [9.17, 15) is 0 Å². The van der Waals surface area contributed by atoms with Gasteiger partial charge in [-0.3, -0.25) is 4.90 Å². The van der Waals surface area contributed by atoms with Crippen LogP contribution in [0.1, 0.15) is 128 Å². The maximum Gasteiger partial charge on any atom is 0.257 e. The molecule has 2 aromatic heterocycles. The molecule has 330 valence electrons. The fourth-order valence-electron chi connectivity index (χ4n) is 10.6. The molecular formula is C60H65BN2O2. The van der Waals surface area contributed by atoms with Crippen LogP contribution in [0, 0.1) is 27.7 Å². The van der Waals surface area contributed by atoms with E-state index in [2.05, 4.69) is 218 Å². The standard InChI is InChI=1S/C60H65BN2O2/c1-34-25-41(58(8,9)10)26-35(2)54(34)62-46-29-39(51-30-38-19-17-18-20-49(38)64-51)21-23-45(46)61-52-44-31-40(57(5,6)7)22-24-50(44)65-56(52)63(48-33-43(60(14,15)16)32-47(62)53(48)61)55-36(3)27-42(28-37(55)4)59(11,12)13/h17-33H,1-16H3. The average Bonchev–Trinajstić information content (AvgIpc) is 3.82. The summed E-state index contributed by atoms with van der Waals surface area (Å²) in [5.41, 5.74) is 22.6. The van der Waals surface area contributed by atoms with Crippen LogP contribution in [0.2, 0.25) is 0 Å². The predicted octanol–water partition coefficient (Wildman–Crippen LogP) is 15.4. The fourth-order valence-corrected chi connectivity index (χ4v) is 10.6. The largest absolute Gasteiger partial charge is 0.456 e. The van der Waals surface area contributed by atoms with E-state index in [1.54, 1.807) is 0 Å². The summed E-state index contributed by atoms with van der Waals surface area (Å²) >= 11 is 0. The number of aryl methyl sites for hydroxylation is 4. The monoisotopic (exact) mass is 857 g/mol. The van der Waals surface area contributed by atoms with E-state index in [4.69, 9.17) is 8.83 Å². The minimum atomic E-state index is -0.162. The van der Waals surface area contributed by atoms with E-state index in [0.29, 0.717) is 0 Å². The van der Waals surface area contributed by atoms with Crippen LogP contribution < -0.4 is 26.2 Å². The van der Waals surface area contributed by atoms with E-state index in [0.717, 1.165) is 39.4 Å². The number of para-hydroxylation sites is 1. The summed E-state index contributed by atoms with van der Waals surface area (Å²) in [4.78, 5) is 5.11. The molecule has 10 rings (SSSR count). The van der Waals surface area contributed by atoms with E-state index in [-0.39, 0.29) is 28.4 Å². The molecule has 0 fully saturated rings. The number of furan rings is 2. The van der Waals surface area contributed by atoms with Crippen LogP contribution in [0.5, 0.6) is 0 Å². The molecule has 0 unspecified atom stereocenters. The quantitative estimate of drug-likeness (QED) is 0.166. The zero-order valence-electron chi connectivity index (χ0n) is 41.6. The first-order valence-corrected chi connectivity index (χ1v) is 23.6. The van der Waals surface area contributed by atoms with Crippen molar-refractivity contribution in [2.45, 2.75) is 132 Å². The predicted molar refractivity (Wildman–Crippen MR) is 279 cm³/mol. The first kappa shape index (κ1) is 43.0. The van der Waals surface area contributed by atoms with Crippen molar-refractivity contribution in [3.8, 4) is 11.3 Å². The zero-order chi connectivity index (χ0) is 46.4. The minimum Gasteiger partial charge on any atom is -0.456 e. The molecule has 0 amide bonds. The van der Waals surface area contributed by atoms with Gasteiger partial charge in [-0.05, 0) is 147 Å². The zero-order valence-corrected chi connectivity index (χ0v) is 41.6. The lowest BCUT2D eigenvalue weighted by atomic mass is 9.33. The highest BCUT2D eigenvalue weighted by molar-refractivity contribution is 7.01. The summed E-state index contributed by atoms with van der Waals surface area (Å²) in [7, 11) is 0. The molecule has 2 aliphatic rings. The van der Waals surface area contributed by atoms with Crippen molar-refractivity contribution in [3.63, 3.8) is 0 Å². The van der Waals surface area contributed by atoms with E-state index in [1.807, 2.05) is 6.07 Å². The Balaban J connectivity index is 1.37. The van der Waals surface area contributed by atoms with Crippen molar-refractivity contribution in [1.82, 2.24) is 0 Å². The lowest BCUT2D eigenvalue weighted by molar-refractivity contribution is 0.587. The van der Waals surface area contributed by atoms with E-state index in [1.165, 1.54) is 89.0 Å². The average molecular weight is 857 g/mol. The number of anilines is 6. The van der Waals surface area contributed by atoms with E-state index < -0.39 is 0 Å². The highest BCUT2D eigenvalue weighted by Gasteiger charge is 2.48. The van der Waals surface area contributed by atoms with Gasteiger partial charge in [-0.25, -0.2) is 0 Å². The van der Waals surface area contributed by atoms with Crippen LogP contribution >= 0.6 is 0 Å². The Morgan fingerprint density at radius 3 is 1.51 bits per heavy atom. The van der Waals surface area contributed by atoms with Gasteiger partial charge in [0.1, 0.15) is 16.9 Å². The van der Waals surface area contributed by atoms with Gasteiger partial charge in [0.15, 0.2) is 0 Å². The van der Waals surface area contributed by atoms with Crippen molar-refractivity contribution in [2.75, 3.05) is 9.80 Å². The third kappa shape index (κ3) is 6.86. The van der Waals surface area contributed by atoms with Crippen molar-refractivity contribution in [2.24, 2.45) is 0 Å². The topological polar surface area (TPSA) is 32.8 Å². The number of hydrogen-bond acceptors (Lipinski definition) is 4. The molecule has 4 heterocycles. The molecule has 2 aliphatic heterocycles. The smallest absolute Gasteiger partial charge is 0.257 e. The molecule has 0 saturated carbocycles. The van der Waals surface area contributed by atoms with Crippen LogP contribution in [-0.4, -0.2) is 6.71 Å². The number of fused-ring (bicyclic) bond motifs is 7. The van der Waals surface area contributed by atoms with Crippen LogP contribution in [-0.2, 0) is 21.7 Å². The molecule has 5 heteroatoms. The number of benzene rings is 6. The summed E-state index contributed by atoms with van der Waals surface area (Å²) < 4.78 is 14.0. The lowest BCUT2D eigenvalue weighted by Gasteiger charge is -2.45. The molecule has 4 nitrogen and oxygen atoms in total. The van der Waals surface area contributed by atoms with Crippen LogP contribution in [0.25, 0.3) is 33.3 Å². The molecule has 6 aromatic carbocycles. The molecule has 0 atom stereocenters. The Morgan fingerprint density at radius 1 is 0.431 bits per heavy atom. The first-order valence-electron chi connectivity index (χ1n) is 23.6. The van der Waals surface area contributed by atoms with Crippen molar-refractivity contribution < 1.29 is 8.83 Å². The lowest BCUT2D eigenvalue weighted by Crippen LogP contribution is -2.61. The molecule has 0 N–H and O–H groups in total. The Morgan fingerprint density at radius 2 is 0.954 bits per heavy atom. The second-order valence-electron chi connectivity index (χ2n) is 23.4. The maximum absolute atomic E-state index is 7.34. The van der Waals surface area contributed by atoms with Crippen molar-refractivity contribution >= 4 is 79.4 Å². The van der Waals surface area contributed by atoms with Gasteiger partial charge < -0.3 is 13.7 Å².